The lowest BCUT2D eigenvalue weighted by atomic mass is 9.97. The predicted molar refractivity (Wildman–Crippen MR) is 89.8 cm³/mol. The van der Waals surface area contributed by atoms with E-state index in [0.29, 0.717) is 0 Å². The molecule has 0 radical (unpaired) electrons. The van der Waals surface area contributed by atoms with Crippen molar-refractivity contribution in [2.45, 2.75) is 0 Å². The van der Waals surface area contributed by atoms with Crippen LogP contribution in [0.3, 0.4) is 0 Å². The molecule has 22 heavy (non-hydrogen) atoms. The van der Waals surface area contributed by atoms with Crippen molar-refractivity contribution in [2.75, 3.05) is 13.9 Å². The van der Waals surface area contributed by atoms with E-state index in [9.17, 15) is 0 Å². The van der Waals surface area contributed by atoms with E-state index in [2.05, 4.69) is 42.5 Å². The van der Waals surface area contributed by atoms with E-state index in [1.54, 1.807) is 7.11 Å². The van der Waals surface area contributed by atoms with Crippen LogP contribution in [0, 0.1) is 0 Å². The highest BCUT2D eigenvalue weighted by molar-refractivity contribution is 5.82. The minimum absolute atomic E-state index is 0.226. The van der Waals surface area contributed by atoms with E-state index in [0.717, 1.165) is 28.0 Å². The fourth-order valence-corrected chi connectivity index (χ4v) is 2.50. The summed E-state index contributed by atoms with van der Waals surface area (Å²) in [6.07, 6.45) is 0. The fourth-order valence-electron chi connectivity index (χ4n) is 2.50. The maximum Gasteiger partial charge on any atom is 0.188 e. The lowest BCUT2D eigenvalue weighted by Crippen LogP contribution is -2.02. The molecule has 3 aromatic carbocycles. The molecule has 2 heteroatoms. The van der Waals surface area contributed by atoms with Gasteiger partial charge in [0.2, 0.25) is 0 Å². The first-order chi connectivity index (χ1) is 10.9. The SMILES string of the molecule is COCOc1c(-c2ccccc2)cccc1-c1ccccc1. The molecule has 110 valence electrons. The Morgan fingerprint density at radius 3 is 1.59 bits per heavy atom. The Morgan fingerprint density at radius 1 is 0.636 bits per heavy atom. The molecule has 3 rings (SSSR count). The van der Waals surface area contributed by atoms with E-state index >= 15 is 0 Å². The number of ether oxygens (including phenoxy) is 2. The third-order valence-electron chi connectivity index (χ3n) is 3.51. The van der Waals surface area contributed by atoms with Crippen molar-refractivity contribution in [1.29, 1.82) is 0 Å². The summed E-state index contributed by atoms with van der Waals surface area (Å²) in [5, 5.41) is 0. The monoisotopic (exact) mass is 290 g/mol. The minimum Gasteiger partial charge on any atom is -0.466 e. The van der Waals surface area contributed by atoms with E-state index in [1.807, 2.05) is 36.4 Å². The van der Waals surface area contributed by atoms with Gasteiger partial charge in [0.15, 0.2) is 6.79 Å². The molecule has 0 aliphatic rings. The second-order valence-corrected chi connectivity index (χ2v) is 4.97. The molecule has 0 amide bonds. The minimum atomic E-state index is 0.226. The predicted octanol–water partition coefficient (Wildman–Crippen LogP) is 5.00. The van der Waals surface area contributed by atoms with Crippen molar-refractivity contribution in [2.24, 2.45) is 0 Å². The molecule has 0 N–H and O–H groups in total. The van der Waals surface area contributed by atoms with Gasteiger partial charge < -0.3 is 9.47 Å². The summed E-state index contributed by atoms with van der Waals surface area (Å²) >= 11 is 0. The van der Waals surface area contributed by atoms with Gasteiger partial charge in [-0.25, -0.2) is 0 Å². The fraction of sp³-hybridized carbons (Fsp3) is 0.100. The molecule has 0 saturated carbocycles. The van der Waals surface area contributed by atoms with Gasteiger partial charge >= 0.3 is 0 Å². The summed E-state index contributed by atoms with van der Waals surface area (Å²) in [4.78, 5) is 0. The molecule has 0 saturated heterocycles. The lowest BCUT2D eigenvalue weighted by molar-refractivity contribution is 0.0519. The van der Waals surface area contributed by atoms with Gasteiger partial charge in [0, 0.05) is 18.2 Å². The summed E-state index contributed by atoms with van der Waals surface area (Å²) in [7, 11) is 1.63. The molecule has 0 aliphatic carbocycles. The van der Waals surface area contributed by atoms with Gasteiger partial charge in [0.05, 0.1) is 0 Å². The number of methoxy groups -OCH3 is 1. The van der Waals surface area contributed by atoms with E-state index < -0.39 is 0 Å². The maximum atomic E-state index is 5.90. The zero-order chi connectivity index (χ0) is 15.2. The molecule has 0 aliphatic heterocycles. The van der Waals surface area contributed by atoms with E-state index in [1.165, 1.54) is 0 Å². The summed E-state index contributed by atoms with van der Waals surface area (Å²) in [6, 6.07) is 26.7. The number of benzene rings is 3. The molecule has 3 aromatic rings. The van der Waals surface area contributed by atoms with Crippen LogP contribution in [0.15, 0.2) is 78.9 Å². The highest BCUT2D eigenvalue weighted by Crippen LogP contribution is 2.38. The third-order valence-corrected chi connectivity index (χ3v) is 3.51. The van der Waals surface area contributed by atoms with Crippen molar-refractivity contribution in [3.05, 3.63) is 78.9 Å². The van der Waals surface area contributed by atoms with Gasteiger partial charge in [-0.1, -0.05) is 78.9 Å². The zero-order valence-corrected chi connectivity index (χ0v) is 12.5. The van der Waals surface area contributed by atoms with Crippen molar-refractivity contribution in [3.8, 4) is 28.0 Å². The van der Waals surface area contributed by atoms with Gasteiger partial charge in [0.1, 0.15) is 5.75 Å². The van der Waals surface area contributed by atoms with Crippen molar-refractivity contribution in [3.63, 3.8) is 0 Å². The quantitative estimate of drug-likeness (QED) is 0.615. The van der Waals surface area contributed by atoms with Crippen molar-refractivity contribution < 1.29 is 9.47 Å². The summed E-state index contributed by atoms with van der Waals surface area (Å²) in [5.41, 5.74) is 4.40. The average molecular weight is 290 g/mol. The molecule has 0 aromatic heterocycles. The number of para-hydroxylation sites is 1. The normalized spacial score (nSPS) is 10.4. The summed E-state index contributed by atoms with van der Waals surface area (Å²) in [5.74, 6) is 0.849. The number of hydrogen-bond acceptors (Lipinski definition) is 2. The van der Waals surface area contributed by atoms with Crippen LogP contribution in [-0.2, 0) is 4.74 Å². The van der Waals surface area contributed by atoms with Crippen LogP contribution < -0.4 is 4.74 Å². The first kappa shape index (κ1) is 14.4. The Balaban J connectivity index is 2.14. The maximum absolute atomic E-state index is 5.90. The molecular formula is C20H18O2. The molecule has 2 nitrogen and oxygen atoms in total. The van der Waals surface area contributed by atoms with Gasteiger partial charge in [0.25, 0.3) is 0 Å². The van der Waals surface area contributed by atoms with Crippen molar-refractivity contribution in [1.82, 2.24) is 0 Å². The summed E-state index contributed by atoms with van der Waals surface area (Å²) in [6.45, 7) is 0.226. The smallest absolute Gasteiger partial charge is 0.188 e. The Bertz CT molecular complexity index is 663. The Hall–Kier alpha value is -2.58. The summed E-state index contributed by atoms with van der Waals surface area (Å²) < 4.78 is 11.0. The number of rotatable bonds is 5. The highest BCUT2D eigenvalue weighted by atomic mass is 16.7. The van der Waals surface area contributed by atoms with Gasteiger partial charge in [-0.15, -0.1) is 0 Å². The first-order valence-corrected chi connectivity index (χ1v) is 7.26. The van der Waals surface area contributed by atoms with E-state index in [-0.39, 0.29) is 6.79 Å². The average Bonchev–Trinajstić information content (AvgIpc) is 2.61. The largest absolute Gasteiger partial charge is 0.466 e. The van der Waals surface area contributed by atoms with Crippen LogP contribution in [0.4, 0.5) is 0 Å². The zero-order valence-electron chi connectivity index (χ0n) is 12.5. The van der Waals surface area contributed by atoms with Gasteiger partial charge in [-0.3, -0.25) is 0 Å². The van der Waals surface area contributed by atoms with Crippen LogP contribution >= 0.6 is 0 Å². The van der Waals surface area contributed by atoms with Crippen LogP contribution in [0.5, 0.6) is 5.75 Å². The molecule has 0 atom stereocenters. The Labute approximate surface area is 131 Å². The van der Waals surface area contributed by atoms with Gasteiger partial charge in [-0.05, 0) is 11.1 Å². The molecule has 0 spiro atoms. The molecule has 0 heterocycles. The highest BCUT2D eigenvalue weighted by Gasteiger charge is 2.13. The van der Waals surface area contributed by atoms with Crippen LogP contribution in [-0.4, -0.2) is 13.9 Å². The second-order valence-electron chi connectivity index (χ2n) is 4.97. The Morgan fingerprint density at radius 2 is 1.14 bits per heavy atom. The number of hydrogen-bond donors (Lipinski definition) is 0. The van der Waals surface area contributed by atoms with Crippen LogP contribution in [0.25, 0.3) is 22.3 Å². The van der Waals surface area contributed by atoms with Crippen molar-refractivity contribution >= 4 is 0 Å². The second kappa shape index (κ2) is 6.92. The van der Waals surface area contributed by atoms with Crippen LogP contribution in [0.1, 0.15) is 0 Å². The van der Waals surface area contributed by atoms with Gasteiger partial charge in [-0.2, -0.15) is 0 Å². The molecule has 0 bridgehead atoms. The first-order valence-electron chi connectivity index (χ1n) is 7.26. The standard InChI is InChI=1S/C20H18O2/c1-21-15-22-20-18(16-9-4-2-5-10-16)13-8-14-19(20)17-11-6-3-7-12-17/h2-14H,15H2,1H3. The third kappa shape index (κ3) is 3.02. The van der Waals surface area contributed by atoms with E-state index in [4.69, 9.17) is 9.47 Å². The lowest BCUT2D eigenvalue weighted by Gasteiger charge is -2.16. The van der Waals surface area contributed by atoms with Crippen LogP contribution in [0.2, 0.25) is 0 Å². The molecule has 0 unspecified atom stereocenters. The Kier molecular flexibility index (Phi) is 4.52. The molecular weight excluding hydrogens is 272 g/mol. The topological polar surface area (TPSA) is 18.5 Å². The molecule has 0 fully saturated rings.